The fourth-order valence-electron chi connectivity index (χ4n) is 2.21. The molecule has 1 N–H and O–H groups in total. The van der Waals surface area contributed by atoms with Crippen LogP contribution in [-0.4, -0.2) is 33.2 Å². The number of H-pyrrole nitrogens is 1. The molecule has 0 bridgehead atoms. The molecule has 0 aliphatic carbocycles. The standard InChI is InChI=1S/C15H16N4O2S2/c1-7-8(2)23-14-12(7)13(16-9(3)17-14)22-6-10-5-11(19-18-10)15(20)21-4/h5H,6H2,1-4H3,(H,18,19). The van der Waals surface area contributed by atoms with Crippen molar-refractivity contribution in [1.82, 2.24) is 20.2 Å². The van der Waals surface area contributed by atoms with Crippen molar-refractivity contribution >= 4 is 39.3 Å². The Morgan fingerprint density at radius 2 is 2.13 bits per heavy atom. The van der Waals surface area contributed by atoms with Crippen LogP contribution in [0.4, 0.5) is 0 Å². The van der Waals surface area contributed by atoms with Gasteiger partial charge in [-0.05, 0) is 32.4 Å². The molecule has 0 radical (unpaired) electrons. The summed E-state index contributed by atoms with van der Waals surface area (Å²) >= 11 is 3.30. The van der Waals surface area contributed by atoms with Gasteiger partial charge in [0.2, 0.25) is 0 Å². The van der Waals surface area contributed by atoms with Gasteiger partial charge in [-0.3, -0.25) is 5.10 Å². The molecular formula is C15H16N4O2S2. The van der Waals surface area contributed by atoms with E-state index in [-0.39, 0.29) is 5.69 Å². The highest BCUT2D eigenvalue weighted by atomic mass is 32.2. The number of fused-ring (bicyclic) bond motifs is 1. The zero-order valence-electron chi connectivity index (χ0n) is 13.3. The van der Waals surface area contributed by atoms with Crippen LogP contribution in [0.1, 0.15) is 32.4 Å². The number of methoxy groups -OCH3 is 1. The molecule has 6 nitrogen and oxygen atoms in total. The van der Waals surface area contributed by atoms with E-state index in [1.165, 1.54) is 17.6 Å². The van der Waals surface area contributed by atoms with Crippen molar-refractivity contribution in [2.24, 2.45) is 0 Å². The van der Waals surface area contributed by atoms with Crippen molar-refractivity contribution in [2.45, 2.75) is 31.6 Å². The number of thioether (sulfide) groups is 1. The largest absolute Gasteiger partial charge is 0.464 e. The van der Waals surface area contributed by atoms with Crippen LogP contribution < -0.4 is 0 Å². The van der Waals surface area contributed by atoms with Crippen molar-refractivity contribution in [3.05, 3.63) is 33.7 Å². The lowest BCUT2D eigenvalue weighted by Gasteiger charge is -2.04. The van der Waals surface area contributed by atoms with E-state index in [9.17, 15) is 4.79 Å². The third-order valence-corrected chi connectivity index (χ3v) is 5.62. The Bertz CT molecular complexity index is 885. The third kappa shape index (κ3) is 3.09. The van der Waals surface area contributed by atoms with Gasteiger partial charge in [-0.15, -0.1) is 11.3 Å². The highest BCUT2D eigenvalue weighted by molar-refractivity contribution is 7.98. The monoisotopic (exact) mass is 348 g/mol. The molecule has 3 aromatic rings. The first-order valence-corrected chi connectivity index (χ1v) is 8.79. The number of aromatic nitrogens is 4. The number of thiophene rings is 1. The van der Waals surface area contributed by atoms with Gasteiger partial charge >= 0.3 is 5.97 Å². The third-order valence-electron chi connectivity index (χ3n) is 3.50. The van der Waals surface area contributed by atoms with Gasteiger partial charge in [0.15, 0.2) is 5.69 Å². The van der Waals surface area contributed by atoms with Crippen molar-refractivity contribution in [3.63, 3.8) is 0 Å². The molecule has 8 heteroatoms. The number of ether oxygens (including phenoxy) is 1. The Morgan fingerprint density at radius 1 is 1.35 bits per heavy atom. The smallest absolute Gasteiger partial charge is 0.358 e. The molecule has 0 aliphatic rings. The number of hydrogen-bond acceptors (Lipinski definition) is 7. The normalized spacial score (nSPS) is 11.1. The lowest BCUT2D eigenvalue weighted by atomic mass is 10.2. The van der Waals surface area contributed by atoms with Crippen LogP contribution in [0.15, 0.2) is 11.1 Å². The van der Waals surface area contributed by atoms with Gasteiger partial charge in [0.05, 0.1) is 7.11 Å². The van der Waals surface area contributed by atoms with Crippen molar-refractivity contribution < 1.29 is 9.53 Å². The van der Waals surface area contributed by atoms with Crippen LogP contribution in [0.25, 0.3) is 10.2 Å². The van der Waals surface area contributed by atoms with E-state index in [0.717, 1.165) is 26.8 Å². The van der Waals surface area contributed by atoms with E-state index in [1.54, 1.807) is 29.2 Å². The maximum Gasteiger partial charge on any atom is 0.358 e. The minimum atomic E-state index is -0.443. The minimum absolute atomic E-state index is 0.287. The van der Waals surface area contributed by atoms with Gasteiger partial charge in [-0.25, -0.2) is 14.8 Å². The highest BCUT2D eigenvalue weighted by Crippen LogP contribution is 2.36. The molecule has 0 saturated carbocycles. The summed E-state index contributed by atoms with van der Waals surface area (Å²) in [5, 5.41) is 8.90. The second-order valence-corrected chi connectivity index (χ2v) is 7.27. The molecule has 3 heterocycles. The fourth-order valence-corrected chi connectivity index (χ4v) is 4.38. The van der Waals surface area contributed by atoms with Crippen LogP contribution in [0.2, 0.25) is 0 Å². The summed E-state index contributed by atoms with van der Waals surface area (Å²) in [7, 11) is 1.34. The molecule has 0 atom stereocenters. The first kappa shape index (κ1) is 15.9. The van der Waals surface area contributed by atoms with Gasteiger partial charge in [0, 0.05) is 21.7 Å². The number of carbonyl (C=O) groups excluding carboxylic acids is 1. The van der Waals surface area contributed by atoms with Crippen LogP contribution >= 0.6 is 23.1 Å². The zero-order chi connectivity index (χ0) is 16.6. The van der Waals surface area contributed by atoms with E-state index in [2.05, 4.69) is 38.7 Å². The zero-order valence-corrected chi connectivity index (χ0v) is 14.9. The summed E-state index contributed by atoms with van der Waals surface area (Å²) in [6.07, 6.45) is 0. The summed E-state index contributed by atoms with van der Waals surface area (Å²) in [5.41, 5.74) is 2.37. The second kappa shape index (κ2) is 6.29. The number of rotatable bonds is 4. The maximum absolute atomic E-state index is 11.4. The molecule has 0 aliphatic heterocycles. The number of carbonyl (C=O) groups is 1. The first-order valence-electron chi connectivity index (χ1n) is 6.99. The molecule has 3 rings (SSSR count). The quantitative estimate of drug-likeness (QED) is 0.442. The average molecular weight is 348 g/mol. The fraction of sp³-hybridized carbons (Fsp3) is 0.333. The second-order valence-electron chi connectivity index (χ2n) is 5.10. The Kier molecular flexibility index (Phi) is 4.36. The topological polar surface area (TPSA) is 80.8 Å². The Hall–Kier alpha value is -1.93. The van der Waals surface area contributed by atoms with Gasteiger partial charge < -0.3 is 4.74 Å². The van der Waals surface area contributed by atoms with Crippen LogP contribution in [0, 0.1) is 20.8 Å². The average Bonchev–Trinajstić information content (AvgIpc) is 3.10. The van der Waals surface area contributed by atoms with Crippen molar-refractivity contribution in [2.75, 3.05) is 7.11 Å². The van der Waals surface area contributed by atoms with Crippen molar-refractivity contribution in [3.8, 4) is 0 Å². The molecule has 0 unspecified atom stereocenters. The predicted molar refractivity (Wildman–Crippen MR) is 91.1 cm³/mol. The molecule has 0 fully saturated rings. The number of hydrogen-bond donors (Lipinski definition) is 1. The van der Waals surface area contributed by atoms with Gasteiger partial charge in [0.25, 0.3) is 0 Å². The van der Waals surface area contributed by atoms with Gasteiger partial charge in [-0.1, -0.05) is 11.8 Å². The minimum Gasteiger partial charge on any atom is -0.464 e. The van der Waals surface area contributed by atoms with Crippen LogP contribution in [-0.2, 0) is 10.5 Å². The van der Waals surface area contributed by atoms with Gasteiger partial charge in [0.1, 0.15) is 15.7 Å². The summed E-state index contributed by atoms with van der Waals surface area (Å²) in [6.45, 7) is 6.10. The van der Waals surface area contributed by atoms with Crippen LogP contribution in [0.3, 0.4) is 0 Å². The van der Waals surface area contributed by atoms with Gasteiger partial charge in [-0.2, -0.15) is 5.10 Å². The SMILES string of the molecule is COC(=O)c1cc(CSc2nc(C)nc3sc(C)c(C)c23)[nH]n1. The van der Waals surface area contributed by atoms with E-state index in [4.69, 9.17) is 0 Å². The summed E-state index contributed by atoms with van der Waals surface area (Å²) in [6, 6.07) is 1.70. The van der Waals surface area contributed by atoms with E-state index in [1.807, 2.05) is 6.92 Å². The molecule has 120 valence electrons. The lowest BCUT2D eigenvalue weighted by molar-refractivity contribution is 0.0594. The molecule has 23 heavy (non-hydrogen) atoms. The van der Waals surface area contributed by atoms with Crippen molar-refractivity contribution in [1.29, 1.82) is 0 Å². The summed E-state index contributed by atoms with van der Waals surface area (Å²) < 4.78 is 4.66. The Balaban J connectivity index is 1.87. The summed E-state index contributed by atoms with van der Waals surface area (Å²) in [4.78, 5) is 22.8. The van der Waals surface area contributed by atoms with E-state index >= 15 is 0 Å². The highest BCUT2D eigenvalue weighted by Gasteiger charge is 2.15. The Morgan fingerprint density at radius 3 is 2.87 bits per heavy atom. The predicted octanol–water partition coefficient (Wildman–Crippen LogP) is 3.42. The van der Waals surface area contributed by atoms with E-state index in [0.29, 0.717) is 5.75 Å². The first-order chi connectivity index (χ1) is 11.0. The molecule has 0 aromatic carbocycles. The number of nitrogens with zero attached hydrogens (tertiary/aromatic N) is 3. The number of nitrogens with one attached hydrogen (secondary N) is 1. The number of esters is 1. The number of aromatic amines is 1. The molecular weight excluding hydrogens is 332 g/mol. The molecule has 0 amide bonds. The number of aryl methyl sites for hydroxylation is 3. The molecule has 0 saturated heterocycles. The van der Waals surface area contributed by atoms with Crippen LogP contribution in [0.5, 0.6) is 0 Å². The molecule has 3 aromatic heterocycles. The summed E-state index contributed by atoms with van der Waals surface area (Å²) in [5.74, 6) is 0.965. The van der Waals surface area contributed by atoms with E-state index < -0.39 is 5.97 Å². The molecule has 0 spiro atoms. The lowest BCUT2D eigenvalue weighted by Crippen LogP contribution is -2.00. The maximum atomic E-state index is 11.4. The Labute approximate surface area is 141 Å².